The number of ether oxygens (including phenoxy) is 1. The van der Waals surface area contributed by atoms with E-state index < -0.39 is 35.2 Å². The second kappa shape index (κ2) is 7.53. The van der Waals surface area contributed by atoms with E-state index in [1.807, 2.05) is 31.2 Å². The van der Waals surface area contributed by atoms with Gasteiger partial charge in [-0.15, -0.1) is 0 Å². The molecule has 1 amide bonds. The molecule has 1 heterocycles. The van der Waals surface area contributed by atoms with Crippen LogP contribution in [0.5, 0.6) is 0 Å². The van der Waals surface area contributed by atoms with Crippen LogP contribution in [0.3, 0.4) is 0 Å². The van der Waals surface area contributed by atoms with E-state index >= 15 is 0 Å². The van der Waals surface area contributed by atoms with Crippen LogP contribution in [0, 0.1) is 34.5 Å². The number of hydrogen-bond donors (Lipinski definition) is 3. The van der Waals surface area contributed by atoms with Gasteiger partial charge in [0.15, 0.2) is 5.78 Å². The van der Waals surface area contributed by atoms with E-state index in [0.717, 1.165) is 24.1 Å². The van der Waals surface area contributed by atoms with Crippen LogP contribution in [0.4, 0.5) is 10.5 Å². The molecule has 4 aliphatic carbocycles. The van der Waals surface area contributed by atoms with Crippen LogP contribution in [0.1, 0.15) is 39.7 Å². The SMILES string of the molecule is CC1=C[C@]23C(=O)[C@@H](C=C(COC(=O)N4CCc5ccccc54)[C@@H](O)[C@]2(O)[C@H]1O)[C@H]1[C@@H](C[C@H]3C)C1(C)C. The summed E-state index contributed by atoms with van der Waals surface area (Å²) < 4.78 is 5.68. The van der Waals surface area contributed by atoms with Crippen LogP contribution in [0.25, 0.3) is 0 Å². The Bertz CT molecular complexity index is 1220. The molecule has 2 bridgehead atoms. The average molecular weight is 494 g/mol. The number of amides is 1. The van der Waals surface area contributed by atoms with Crippen molar-refractivity contribution in [2.24, 2.45) is 34.5 Å². The molecular formula is C29H35NO6. The second-order valence-electron chi connectivity index (χ2n) is 12.2. The number of para-hydroxylation sites is 1. The smallest absolute Gasteiger partial charge is 0.414 e. The van der Waals surface area contributed by atoms with E-state index in [2.05, 4.69) is 13.8 Å². The van der Waals surface area contributed by atoms with Crippen molar-refractivity contribution in [1.82, 2.24) is 0 Å². The van der Waals surface area contributed by atoms with Gasteiger partial charge in [-0.2, -0.15) is 0 Å². The molecule has 1 aromatic carbocycles. The Hall–Kier alpha value is -2.48. The third-order valence-corrected chi connectivity index (χ3v) is 10.2. The molecule has 5 aliphatic rings. The van der Waals surface area contributed by atoms with Gasteiger partial charge in [-0.05, 0) is 65.7 Å². The molecule has 7 heteroatoms. The van der Waals surface area contributed by atoms with Gasteiger partial charge in [-0.3, -0.25) is 9.69 Å². The van der Waals surface area contributed by atoms with Crippen molar-refractivity contribution in [1.29, 1.82) is 0 Å². The number of ketones is 1. The Morgan fingerprint density at radius 3 is 2.67 bits per heavy atom. The van der Waals surface area contributed by atoms with Crippen molar-refractivity contribution in [3.63, 3.8) is 0 Å². The maximum absolute atomic E-state index is 14.3. The lowest BCUT2D eigenvalue weighted by Crippen LogP contribution is -2.65. The number of carbonyl (C=O) groups excluding carboxylic acids is 2. The molecule has 0 radical (unpaired) electrons. The largest absolute Gasteiger partial charge is 0.445 e. The minimum Gasteiger partial charge on any atom is -0.445 e. The quantitative estimate of drug-likeness (QED) is 0.547. The van der Waals surface area contributed by atoms with Gasteiger partial charge in [0.05, 0.1) is 11.1 Å². The molecular weight excluding hydrogens is 458 g/mol. The molecule has 1 aromatic rings. The second-order valence-corrected chi connectivity index (χ2v) is 12.2. The predicted octanol–water partition coefficient (Wildman–Crippen LogP) is 3.02. The first kappa shape index (κ1) is 23.9. The number of hydrogen-bond acceptors (Lipinski definition) is 6. The molecule has 1 aliphatic heterocycles. The van der Waals surface area contributed by atoms with E-state index in [-0.39, 0.29) is 35.2 Å². The summed E-state index contributed by atoms with van der Waals surface area (Å²) in [7, 11) is 0. The molecule has 192 valence electrons. The number of allylic oxidation sites excluding steroid dienone is 1. The van der Waals surface area contributed by atoms with E-state index in [1.54, 1.807) is 24.0 Å². The molecule has 36 heavy (non-hydrogen) atoms. The summed E-state index contributed by atoms with van der Waals surface area (Å²) in [6.45, 7) is 8.20. The summed E-state index contributed by atoms with van der Waals surface area (Å²) in [5.74, 6) is -0.584. The highest BCUT2D eigenvalue weighted by Crippen LogP contribution is 2.71. The first-order valence-corrected chi connectivity index (χ1v) is 13.0. The molecule has 2 saturated carbocycles. The monoisotopic (exact) mass is 493 g/mol. The van der Waals surface area contributed by atoms with Crippen molar-refractivity contribution in [2.75, 3.05) is 18.1 Å². The van der Waals surface area contributed by atoms with Gasteiger partial charge >= 0.3 is 6.09 Å². The number of aliphatic hydroxyl groups excluding tert-OH is 2. The first-order valence-electron chi connectivity index (χ1n) is 13.0. The predicted molar refractivity (Wildman–Crippen MR) is 133 cm³/mol. The van der Waals surface area contributed by atoms with Crippen molar-refractivity contribution >= 4 is 17.6 Å². The molecule has 1 spiro atoms. The van der Waals surface area contributed by atoms with E-state index in [0.29, 0.717) is 18.0 Å². The van der Waals surface area contributed by atoms with E-state index in [1.165, 1.54) is 0 Å². The molecule has 7 nitrogen and oxygen atoms in total. The van der Waals surface area contributed by atoms with Crippen LogP contribution in [0.2, 0.25) is 0 Å². The zero-order valence-corrected chi connectivity index (χ0v) is 21.3. The number of carbonyl (C=O) groups is 2. The van der Waals surface area contributed by atoms with Crippen LogP contribution in [0.15, 0.2) is 47.6 Å². The average Bonchev–Trinajstić information content (AvgIpc) is 3.14. The fourth-order valence-corrected chi connectivity index (χ4v) is 8.17. The summed E-state index contributed by atoms with van der Waals surface area (Å²) in [4.78, 5) is 28.9. The Balaban J connectivity index is 1.37. The Morgan fingerprint density at radius 1 is 1.19 bits per heavy atom. The highest BCUT2D eigenvalue weighted by atomic mass is 16.6. The molecule has 3 N–H and O–H groups in total. The number of rotatable bonds is 2. The highest BCUT2D eigenvalue weighted by Gasteiger charge is 2.75. The Kier molecular flexibility index (Phi) is 4.99. The molecule has 0 unspecified atom stereocenters. The zero-order valence-electron chi connectivity index (χ0n) is 21.3. The third kappa shape index (κ3) is 2.79. The van der Waals surface area contributed by atoms with Crippen LogP contribution in [-0.4, -0.2) is 58.2 Å². The number of fused-ring (bicyclic) bond motifs is 4. The van der Waals surface area contributed by atoms with E-state index in [9.17, 15) is 24.9 Å². The van der Waals surface area contributed by atoms with Crippen molar-refractivity contribution in [3.8, 4) is 0 Å². The lowest BCUT2D eigenvalue weighted by molar-refractivity contribution is -0.190. The third-order valence-electron chi connectivity index (χ3n) is 10.2. The van der Waals surface area contributed by atoms with Gasteiger partial charge < -0.3 is 20.1 Å². The standard InChI is InChI=1S/C29H35NO6/c1-15-13-28-16(2)11-20-22(27(20,3)4)19(25(28)33)12-18(24(32)29(28,35)23(15)31)14-36-26(34)30-10-9-17-7-5-6-8-21(17)30/h5-8,12-13,16,19-20,22-24,31-32,35H,9-11,14H2,1-4H3/t16-,19+,20-,22+,23+,24-,28+,29-/m1/s1. The lowest BCUT2D eigenvalue weighted by atomic mass is 9.59. The fraction of sp³-hybridized carbons (Fsp3) is 0.586. The molecule has 8 atom stereocenters. The topological polar surface area (TPSA) is 107 Å². The zero-order chi connectivity index (χ0) is 25.8. The highest BCUT2D eigenvalue weighted by molar-refractivity contribution is 5.95. The summed E-state index contributed by atoms with van der Waals surface area (Å²) in [5, 5.41) is 34.9. The fourth-order valence-electron chi connectivity index (χ4n) is 8.17. The van der Waals surface area contributed by atoms with Gasteiger partial charge in [-0.25, -0.2) is 4.79 Å². The summed E-state index contributed by atoms with van der Waals surface area (Å²) in [6, 6.07) is 7.67. The van der Waals surface area contributed by atoms with Gasteiger partial charge in [0.2, 0.25) is 0 Å². The van der Waals surface area contributed by atoms with Gasteiger partial charge in [-0.1, -0.05) is 51.1 Å². The number of anilines is 1. The number of Topliss-reactive ketones (excluding diaryl/α,β-unsaturated/α-hetero) is 1. The summed E-state index contributed by atoms with van der Waals surface area (Å²) >= 11 is 0. The number of nitrogens with zero attached hydrogens (tertiary/aromatic N) is 1. The minimum absolute atomic E-state index is 0.0445. The maximum atomic E-state index is 14.3. The first-order chi connectivity index (χ1) is 17.0. The summed E-state index contributed by atoms with van der Waals surface area (Å²) in [5.41, 5.74) is -0.935. The molecule has 0 saturated heterocycles. The molecule has 2 fully saturated rings. The summed E-state index contributed by atoms with van der Waals surface area (Å²) in [6.07, 6.45) is 1.42. The van der Waals surface area contributed by atoms with E-state index in [4.69, 9.17) is 4.74 Å². The Labute approximate surface area is 211 Å². The van der Waals surface area contributed by atoms with Crippen molar-refractivity contribution in [2.45, 2.75) is 58.3 Å². The lowest BCUT2D eigenvalue weighted by Gasteiger charge is -2.48. The minimum atomic E-state index is -2.12. The van der Waals surface area contributed by atoms with Crippen LogP contribution in [-0.2, 0) is 16.0 Å². The normalized spacial score (nSPS) is 41.9. The van der Waals surface area contributed by atoms with Crippen molar-refractivity contribution < 1.29 is 29.6 Å². The molecule has 6 rings (SSSR count). The maximum Gasteiger partial charge on any atom is 0.414 e. The van der Waals surface area contributed by atoms with Gasteiger partial charge in [0, 0.05) is 12.5 Å². The Morgan fingerprint density at radius 2 is 1.92 bits per heavy atom. The van der Waals surface area contributed by atoms with Crippen LogP contribution < -0.4 is 4.90 Å². The van der Waals surface area contributed by atoms with Crippen LogP contribution >= 0.6 is 0 Å². The van der Waals surface area contributed by atoms with Gasteiger partial charge in [0.25, 0.3) is 0 Å². The number of benzene rings is 1. The molecule has 0 aromatic heterocycles. The number of aliphatic hydroxyl groups is 3. The van der Waals surface area contributed by atoms with Gasteiger partial charge in [0.1, 0.15) is 24.4 Å². The van der Waals surface area contributed by atoms with Crippen molar-refractivity contribution in [3.05, 3.63) is 53.1 Å².